The lowest BCUT2D eigenvalue weighted by Gasteiger charge is -2.35. The number of nitrogens with one attached hydrogen (secondary N) is 1. The van der Waals surface area contributed by atoms with Crippen molar-refractivity contribution < 1.29 is 37.0 Å². The van der Waals surface area contributed by atoms with E-state index in [2.05, 4.69) is 0 Å². The molecule has 3 aliphatic rings. The zero-order chi connectivity index (χ0) is 24.9. The first kappa shape index (κ1) is 24.3. The van der Waals surface area contributed by atoms with E-state index in [-0.39, 0.29) is 36.4 Å². The SMILES string of the molecule is COc1ccccc1C(=O)N[C@]1(C(F)(F)F)C(=O)N(C[C@H]2CCCO2)C2=C1C(=O)CC(C)(C)C2. The molecular formula is C24H27F3N2O5. The van der Waals surface area contributed by atoms with Crippen molar-refractivity contribution in [1.29, 1.82) is 0 Å². The summed E-state index contributed by atoms with van der Waals surface area (Å²) in [5.41, 5.74) is -4.97. The summed E-state index contributed by atoms with van der Waals surface area (Å²) >= 11 is 0. The van der Waals surface area contributed by atoms with Crippen LogP contribution >= 0.6 is 0 Å². The second-order valence-electron chi connectivity index (χ2n) is 9.72. The van der Waals surface area contributed by atoms with E-state index in [0.29, 0.717) is 13.0 Å². The molecule has 184 valence electrons. The Morgan fingerprint density at radius 1 is 1.24 bits per heavy atom. The van der Waals surface area contributed by atoms with Crippen LogP contribution in [0.5, 0.6) is 5.75 Å². The number of hydrogen-bond donors (Lipinski definition) is 1. The summed E-state index contributed by atoms with van der Waals surface area (Å²) < 4.78 is 55.2. The van der Waals surface area contributed by atoms with Gasteiger partial charge in [-0.15, -0.1) is 0 Å². The third kappa shape index (κ3) is 3.87. The number of para-hydroxylation sites is 1. The van der Waals surface area contributed by atoms with Gasteiger partial charge < -0.3 is 19.7 Å². The van der Waals surface area contributed by atoms with Crippen LogP contribution < -0.4 is 10.1 Å². The fourth-order valence-corrected chi connectivity index (χ4v) is 5.08. The minimum atomic E-state index is -5.26. The molecule has 1 fully saturated rings. The van der Waals surface area contributed by atoms with E-state index in [1.807, 2.05) is 5.32 Å². The van der Waals surface area contributed by atoms with Crippen LogP contribution in [0.3, 0.4) is 0 Å². The third-order valence-electron chi connectivity index (χ3n) is 6.61. The van der Waals surface area contributed by atoms with Crippen molar-refractivity contribution in [2.45, 2.75) is 57.3 Å². The molecule has 0 saturated carbocycles. The molecule has 1 aromatic carbocycles. The average molecular weight is 480 g/mol. The maximum Gasteiger partial charge on any atom is 0.425 e. The zero-order valence-electron chi connectivity index (χ0n) is 19.3. The van der Waals surface area contributed by atoms with Gasteiger partial charge in [0.15, 0.2) is 5.78 Å². The number of carbonyl (C=O) groups is 3. The molecule has 2 amide bonds. The van der Waals surface area contributed by atoms with Crippen LogP contribution in [0.1, 0.15) is 49.9 Å². The number of rotatable bonds is 5. The van der Waals surface area contributed by atoms with Gasteiger partial charge in [0, 0.05) is 18.7 Å². The fraction of sp³-hybridized carbons (Fsp3) is 0.542. The highest BCUT2D eigenvalue weighted by Gasteiger charge is 2.71. The van der Waals surface area contributed by atoms with Crippen molar-refractivity contribution >= 4 is 17.6 Å². The number of amides is 2. The van der Waals surface area contributed by atoms with Crippen molar-refractivity contribution in [1.82, 2.24) is 10.2 Å². The molecule has 2 atom stereocenters. The van der Waals surface area contributed by atoms with E-state index in [9.17, 15) is 27.6 Å². The van der Waals surface area contributed by atoms with Crippen LogP contribution in [0, 0.1) is 5.41 Å². The molecule has 0 bridgehead atoms. The molecule has 7 nitrogen and oxygen atoms in total. The highest BCUT2D eigenvalue weighted by molar-refractivity contribution is 6.14. The Labute approximate surface area is 195 Å². The molecular weight excluding hydrogens is 453 g/mol. The van der Waals surface area contributed by atoms with Crippen LogP contribution in [0.2, 0.25) is 0 Å². The van der Waals surface area contributed by atoms with Gasteiger partial charge in [0.25, 0.3) is 11.8 Å². The summed E-state index contributed by atoms with van der Waals surface area (Å²) in [6, 6.07) is 5.75. The molecule has 0 spiro atoms. The molecule has 2 aliphatic heterocycles. The lowest BCUT2D eigenvalue weighted by Crippen LogP contribution is -2.66. The Hall–Kier alpha value is -2.88. The Morgan fingerprint density at radius 2 is 1.94 bits per heavy atom. The number of nitrogens with zero attached hydrogens (tertiary/aromatic N) is 1. The van der Waals surface area contributed by atoms with Gasteiger partial charge in [0.05, 0.1) is 30.9 Å². The van der Waals surface area contributed by atoms with Crippen LogP contribution in [0.4, 0.5) is 13.2 Å². The Balaban J connectivity index is 1.85. The molecule has 1 saturated heterocycles. The van der Waals surface area contributed by atoms with Crippen molar-refractivity contribution in [3.63, 3.8) is 0 Å². The van der Waals surface area contributed by atoms with E-state index in [1.165, 1.54) is 25.3 Å². The molecule has 1 aliphatic carbocycles. The normalized spacial score (nSPS) is 26.6. The van der Waals surface area contributed by atoms with Crippen molar-refractivity contribution in [2.75, 3.05) is 20.3 Å². The number of alkyl halides is 3. The number of ketones is 1. The maximum atomic E-state index is 14.8. The first-order valence-corrected chi connectivity index (χ1v) is 11.1. The number of benzene rings is 1. The number of halogens is 3. The predicted octanol–water partition coefficient (Wildman–Crippen LogP) is 3.39. The van der Waals surface area contributed by atoms with Crippen LogP contribution in [-0.4, -0.2) is 60.6 Å². The highest BCUT2D eigenvalue weighted by Crippen LogP contribution is 2.52. The summed E-state index contributed by atoms with van der Waals surface area (Å²) in [6.07, 6.45) is -4.45. The van der Waals surface area contributed by atoms with E-state index in [4.69, 9.17) is 9.47 Å². The Kier molecular flexibility index (Phi) is 6.00. The van der Waals surface area contributed by atoms with Crippen LogP contribution in [0.15, 0.2) is 35.5 Å². The van der Waals surface area contributed by atoms with Crippen molar-refractivity contribution in [3.05, 3.63) is 41.1 Å². The second-order valence-corrected chi connectivity index (χ2v) is 9.72. The standard InChI is InChI=1S/C24H27F3N2O5/c1-22(2)11-16-19(17(30)12-22)23(24(25,26)27,21(32)29(16)13-14-7-6-10-34-14)28-20(31)15-8-4-5-9-18(15)33-3/h4-5,8-9,14H,6-7,10-13H2,1-3H3,(H,28,31)/t14-,23+/m1/s1. The molecule has 0 radical (unpaired) electrons. The minimum absolute atomic E-state index is 0.0133. The van der Waals surface area contributed by atoms with Gasteiger partial charge in [-0.2, -0.15) is 13.2 Å². The first-order valence-electron chi connectivity index (χ1n) is 11.1. The topological polar surface area (TPSA) is 84.9 Å². The van der Waals surface area contributed by atoms with Crippen LogP contribution in [0.25, 0.3) is 0 Å². The number of carbonyl (C=O) groups excluding carboxylic acids is 3. The molecule has 10 heteroatoms. The minimum Gasteiger partial charge on any atom is -0.496 e. The van der Waals surface area contributed by atoms with Gasteiger partial charge >= 0.3 is 6.18 Å². The van der Waals surface area contributed by atoms with E-state index >= 15 is 0 Å². The number of hydrogen-bond acceptors (Lipinski definition) is 5. The van der Waals surface area contributed by atoms with Gasteiger partial charge in [-0.3, -0.25) is 14.4 Å². The number of Topliss-reactive ketones (excluding diaryl/α,β-unsaturated/α-hetero) is 1. The largest absolute Gasteiger partial charge is 0.496 e. The van der Waals surface area contributed by atoms with Gasteiger partial charge in [-0.25, -0.2) is 0 Å². The van der Waals surface area contributed by atoms with E-state index < -0.39 is 46.4 Å². The molecule has 1 aromatic rings. The van der Waals surface area contributed by atoms with Crippen molar-refractivity contribution in [2.24, 2.45) is 5.41 Å². The molecule has 4 rings (SSSR count). The Morgan fingerprint density at radius 3 is 2.56 bits per heavy atom. The predicted molar refractivity (Wildman–Crippen MR) is 115 cm³/mol. The molecule has 1 N–H and O–H groups in total. The number of ether oxygens (including phenoxy) is 2. The van der Waals surface area contributed by atoms with Crippen molar-refractivity contribution in [3.8, 4) is 5.75 Å². The molecule has 34 heavy (non-hydrogen) atoms. The lowest BCUT2D eigenvalue weighted by atomic mass is 9.72. The quantitative estimate of drug-likeness (QED) is 0.699. The van der Waals surface area contributed by atoms with Gasteiger partial charge in [-0.05, 0) is 36.8 Å². The van der Waals surface area contributed by atoms with E-state index in [1.54, 1.807) is 19.9 Å². The summed E-state index contributed by atoms with van der Waals surface area (Å²) in [5.74, 6) is -3.29. The van der Waals surface area contributed by atoms with Gasteiger partial charge in [0.2, 0.25) is 5.54 Å². The summed E-state index contributed by atoms with van der Waals surface area (Å²) in [5, 5.41) is 1.93. The third-order valence-corrected chi connectivity index (χ3v) is 6.61. The summed E-state index contributed by atoms with van der Waals surface area (Å²) in [7, 11) is 1.28. The molecule has 2 heterocycles. The molecule has 0 unspecified atom stereocenters. The Bertz CT molecular complexity index is 1060. The first-order chi connectivity index (χ1) is 15.9. The monoisotopic (exact) mass is 480 g/mol. The lowest BCUT2D eigenvalue weighted by molar-refractivity contribution is -0.191. The average Bonchev–Trinajstić information content (AvgIpc) is 3.34. The fourth-order valence-electron chi connectivity index (χ4n) is 5.08. The van der Waals surface area contributed by atoms with Gasteiger partial charge in [0.1, 0.15) is 5.75 Å². The highest BCUT2D eigenvalue weighted by atomic mass is 19.4. The van der Waals surface area contributed by atoms with E-state index in [0.717, 1.165) is 11.3 Å². The maximum absolute atomic E-state index is 14.8. The van der Waals surface area contributed by atoms with Gasteiger partial charge in [-0.1, -0.05) is 26.0 Å². The summed E-state index contributed by atoms with van der Waals surface area (Å²) in [6.45, 7) is 3.89. The van der Waals surface area contributed by atoms with Crippen LogP contribution in [-0.2, 0) is 14.3 Å². The zero-order valence-corrected chi connectivity index (χ0v) is 19.3. The number of methoxy groups -OCH3 is 1. The molecule has 0 aromatic heterocycles. The summed E-state index contributed by atoms with van der Waals surface area (Å²) in [4.78, 5) is 40.9. The smallest absolute Gasteiger partial charge is 0.425 e. The second kappa shape index (κ2) is 8.41. The number of allylic oxidation sites excluding steroid dienone is 1.